The number of carbonyl (C=O) groups excluding carboxylic acids is 1. The van der Waals surface area contributed by atoms with Crippen LogP contribution in [-0.4, -0.2) is 45.3 Å². The Morgan fingerprint density at radius 3 is 2.71 bits per heavy atom. The fourth-order valence-electron chi connectivity index (χ4n) is 2.93. The van der Waals surface area contributed by atoms with Crippen LogP contribution < -0.4 is 5.32 Å². The van der Waals surface area contributed by atoms with E-state index in [4.69, 9.17) is 4.74 Å². The Bertz CT molecular complexity index is 555. The van der Waals surface area contributed by atoms with E-state index in [0.29, 0.717) is 6.54 Å². The third kappa shape index (κ3) is 2.69. The van der Waals surface area contributed by atoms with Crippen LogP contribution in [-0.2, 0) is 20.9 Å². The molecule has 0 spiro atoms. The Morgan fingerprint density at radius 2 is 2.05 bits per heavy atom. The number of fused-ring (bicyclic) bond motifs is 2. The Balaban J connectivity index is 1.51. The van der Waals surface area contributed by atoms with Crippen LogP contribution in [0.1, 0.15) is 6.42 Å². The third-order valence-corrected chi connectivity index (χ3v) is 3.94. The molecular formula is C14H17N3O4. The highest BCUT2D eigenvalue weighted by atomic mass is 16.5. The second-order valence-electron chi connectivity index (χ2n) is 5.29. The lowest BCUT2D eigenvalue weighted by Gasteiger charge is -2.20. The summed E-state index contributed by atoms with van der Waals surface area (Å²) >= 11 is 0. The molecule has 7 nitrogen and oxygen atoms in total. The molecule has 1 fully saturated rings. The number of carboxylic acid groups (broad SMARTS) is 1. The van der Waals surface area contributed by atoms with E-state index in [2.05, 4.69) is 10.3 Å². The molecule has 1 amide bonds. The number of carboxylic acids is 1. The molecule has 3 heterocycles. The maximum Gasteiger partial charge on any atom is 0.310 e. The summed E-state index contributed by atoms with van der Waals surface area (Å²) in [5.74, 6) is -2.64. The Morgan fingerprint density at radius 1 is 1.29 bits per heavy atom. The molecule has 7 heteroatoms. The number of hydrogen-bond donors (Lipinski definition) is 2. The van der Waals surface area contributed by atoms with Crippen molar-refractivity contribution in [1.82, 2.24) is 14.9 Å². The van der Waals surface area contributed by atoms with E-state index in [1.807, 2.05) is 10.8 Å². The fourth-order valence-corrected chi connectivity index (χ4v) is 2.93. The Hall–Kier alpha value is -2.15. The zero-order valence-corrected chi connectivity index (χ0v) is 11.4. The first-order valence-electron chi connectivity index (χ1n) is 6.97. The van der Waals surface area contributed by atoms with E-state index in [1.165, 1.54) is 0 Å². The standard InChI is InChI=1S/C14H17N3O4/c18-13(16-4-1-6-17-7-5-15-8-17)11-9-2-3-10(21-9)12(11)14(19)20/h2-3,5,7-12H,1,4,6H2,(H,16,18)(H,19,20)/t9-,10-,11-,12+/m1/s1. The minimum absolute atomic E-state index is 0.245. The zero-order chi connectivity index (χ0) is 14.8. The number of aromatic nitrogens is 2. The van der Waals surface area contributed by atoms with Gasteiger partial charge < -0.3 is 19.7 Å². The average Bonchev–Trinajstić information content (AvgIpc) is 3.18. The number of ether oxygens (including phenoxy) is 1. The van der Waals surface area contributed by atoms with E-state index in [1.54, 1.807) is 24.7 Å². The van der Waals surface area contributed by atoms with Gasteiger partial charge in [0.15, 0.2) is 0 Å². The number of nitrogens with one attached hydrogen (secondary N) is 1. The van der Waals surface area contributed by atoms with Gasteiger partial charge in [-0.3, -0.25) is 9.59 Å². The predicted octanol–water partition coefficient (Wildman–Crippen LogP) is 0.0436. The summed E-state index contributed by atoms with van der Waals surface area (Å²) in [5.41, 5.74) is 0. The maximum absolute atomic E-state index is 12.2. The number of hydrogen-bond acceptors (Lipinski definition) is 4. The summed E-state index contributed by atoms with van der Waals surface area (Å²) in [6.45, 7) is 1.26. The molecule has 0 unspecified atom stereocenters. The molecule has 1 aromatic heterocycles. The molecule has 0 saturated carbocycles. The number of aryl methyl sites for hydroxylation is 1. The lowest BCUT2D eigenvalue weighted by atomic mass is 9.82. The van der Waals surface area contributed by atoms with Crippen LogP contribution in [0.2, 0.25) is 0 Å². The number of carbonyl (C=O) groups is 2. The Kier molecular flexibility index (Phi) is 3.74. The van der Waals surface area contributed by atoms with Crippen LogP contribution in [0, 0.1) is 11.8 Å². The molecule has 2 N–H and O–H groups in total. The number of rotatable bonds is 6. The van der Waals surface area contributed by atoms with Gasteiger partial charge in [0.2, 0.25) is 5.91 Å². The van der Waals surface area contributed by atoms with E-state index in [0.717, 1.165) is 13.0 Å². The fraction of sp³-hybridized carbons (Fsp3) is 0.500. The summed E-state index contributed by atoms with van der Waals surface area (Å²) in [7, 11) is 0. The first-order chi connectivity index (χ1) is 10.2. The first kappa shape index (κ1) is 13.8. The minimum Gasteiger partial charge on any atom is -0.481 e. The molecule has 112 valence electrons. The van der Waals surface area contributed by atoms with Gasteiger partial charge in [-0.25, -0.2) is 4.98 Å². The summed E-state index contributed by atoms with van der Waals surface area (Å²) in [4.78, 5) is 27.4. The molecule has 0 aromatic carbocycles. The lowest BCUT2D eigenvalue weighted by Crippen LogP contribution is -2.42. The van der Waals surface area contributed by atoms with Gasteiger partial charge in [-0.05, 0) is 6.42 Å². The quantitative estimate of drug-likeness (QED) is 0.570. The summed E-state index contributed by atoms with van der Waals surface area (Å²) in [6.07, 6.45) is 8.66. The van der Waals surface area contributed by atoms with Crippen LogP contribution >= 0.6 is 0 Å². The van der Waals surface area contributed by atoms with Crippen LogP contribution in [0.15, 0.2) is 30.9 Å². The highest BCUT2D eigenvalue weighted by Gasteiger charge is 2.53. The number of amides is 1. The number of imidazole rings is 1. The van der Waals surface area contributed by atoms with Crippen LogP contribution in [0.3, 0.4) is 0 Å². The molecule has 2 aliphatic rings. The van der Waals surface area contributed by atoms with Crippen LogP contribution in [0.5, 0.6) is 0 Å². The molecular weight excluding hydrogens is 274 g/mol. The number of nitrogens with zero attached hydrogens (tertiary/aromatic N) is 2. The zero-order valence-electron chi connectivity index (χ0n) is 11.4. The molecule has 1 saturated heterocycles. The van der Waals surface area contributed by atoms with Crippen LogP contribution in [0.25, 0.3) is 0 Å². The summed E-state index contributed by atoms with van der Waals surface area (Å²) < 4.78 is 7.41. The van der Waals surface area contributed by atoms with Crippen molar-refractivity contribution in [3.05, 3.63) is 30.9 Å². The van der Waals surface area contributed by atoms with Crippen molar-refractivity contribution in [2.75, 3.05) is 6.54 Å². The van der Waals surface area contributed by atoms with Crippen molar-refractivity contribution in [2.45, 2.75) is 25.2 Å². The van der Waals surface area contributed by atoms with Gasteiger partial charge in [0.25, 0.3) is 0 Å². The highest BCUT2D eigenvalue weighted by Crippen LogP contribution is 2.39. The van der Waals surface area contributed by atoms with Gasteiger partial charge in [0, 0.05) is 25.5 Å². The minimum atomic E-state index is -0.981. The lowest BCUT2D eigenvalue weighted by molar-refractivity contribution is -0.146. The van der Waals surface area contributed by atoms with Crippen molar-refractivity contribution in [3.8, 4) is 0 Å². The molecule has 4 atom stereocenters. The maximum atomic E-state index is 12.2. The van der Waals surface area contributed by atoms with E-state index >= 15 is 0 Å². The molecule has 0 aliphatic carbocycles. The first-order valence-corrected chi connectivity index (χ1v) is 6.97. The van der Waals surface area contributed by atoms with Gasteiger partial charge in [-0.1, -0.05) is 12.2 Å². The van der Waals surface area contributed by atoms with Gasteiger partial charge in [-0.2, -0.15) is 0 Å². The average molecular weight is 291 g/mol. The molecule has 0 radical (unpaired) electrons. The molecule has 1 aromatic rings. The summed E-state index contributed by atoms with van der Waals surface area (Å²) in [5, 5.41) is 12.1. The second kappa shape index (κ2) is 5.69. The molecule has 21 heavy (non-hydrogen) atoms. The highest BCUT2D eigenvalue weighted by molar-refractivity contribution is 5.87. The van der Waals surface area contributed by atoms with E-state index in [9.17, 15) is 14.7 Å². The van der Waals surface area contributed by atoms with Crippen molar-refractivity contribution in [2.24, 2.45) is 11.8 Å². The predicted molar refractivity (Wildman–Crippen MR) is 72.3 cm³/mol. The topological polar surface area (TPSA) is 93.4 Å². The van der Waals surface area contributed by atoms with Crippen molar-refractivity contribution < 1.29 is 19.4 Å². The van der Waals surface area contributed by atoms with Crippen molar-refractivity contribution in [1.29, 1.82) is 0 Å². The molecule has 2 aliphatic heterocycles. The third-order valence-electron chi connectivity index (χ3n) is 3.94. The van der Waals surface area contributed by atoms with Gasteiger partial charge in [0.05, 0.1) is 24.5 Å². The monoisotopic (exact) mass is 291 g/mol. The normalized spacial score (nSPS) is 29.7. The van der Waals surface area contributed by atoms with Gasteiger partial charge in [-0.15, -0.1) is 0 Å². The molecule has 2 bridgehead atoms. The van der Waals surface area contributed by atoms with Gasteiger partial charge >= 0.3 is 5.97 Å². The van der Waals surface area contributed by atoms with E-state index in [-0.39, 0.29) is 5.91 Å². The van der Waals surface area contributed by atoms with Crippen LogP contribution in [0.4, 0.5) is 0 Å². The smallest absolute Gasteiger partial charge is 0.310 e. The SMILES string of the molecule is O=C(O)[C@@H]1[C@H](C(=O)NCCCn2ccnc2)[C@H]2C=C[C@H]1O2. The Labute approximate surface area is 121 Å². The van der Waals surface area contributed by atoms with Crippen molar-refractivity contribution in [3.63, 3.8) is 0 Å². The number of aliphatic carboxylic acids is 1. The summed E-state index contributed by atoms with van der Waals surface area (Å²) in [6, 6.07) is 0. The van der Waals surface area contributed by atoms with Crippen molar-refractivity contribution >= 4 is 11.9 Å². The second-order valence-corrected chi connectivity index (χ2v) is 5.29. The van der Waals surface area contributed by atoms with E-state index < -0.39 is 30.0 Å². The largest absolute Gasteiger partial charge is 0.481 e. The molecule has 3 rings (SSSR count). The van der Waals surface area contributed by atoms with Gasteiger partial charge in [0.1, 0.15) is 5.92 Å².